The number of likely N-dealkylation sites (tertiary alicyclic amines) is 1. The third kappa shape index (κ3) is 4.53. The molecule has 3 aliphatic heterocycles. The number of imide groups is 1. The summed E-state index contributed by atoms with van der Waals surface area (Å²) in [5.41, 5.74) is 2.97. The normalized spacial score (nSPS) is 22.2. The number of amides is 3. The van der Waals surface area contributed by atoms with Gasteiger partial charge in [-0.25, -0.2) is 0 Å². The number of carbonyl (C=O) groups excluding carboxylic acids is 3. The van der Waals surface area contributed by atoms with Gasteiger partial charge < -0.3 is 14.9 Å². The molecule has 0 saturated carbocycles. The van der Waals surface area contributed by atoms with Crippen molar-refractivity contribution < 1.29 is 19.5 Å². The van der Waals surface area contributed by atoms with Crippen LogP contribution in [-0.2, 0) is 28.3 Å². The van der Waals surface area contributed by atoms with Gasteiger partial charge in [0.05, 0.1) is 23.5 Å². The van der Waals surface area contributed by atoms with Crippen molar-refractivity contribution in [1.82, 2.24) is 20.1 Å². The van der Waals surface area contributed by atoms with Crippen LogP contribution < -0.4 is 10.2 Å². The summed E-state index contributed by atoms with van der Waals surface area (Å²) >= 11 is 0. The number of aromatic nitrogens is 1. The summed E-state index contributed by atoms with van der Waals surface area (Å²) < 4.78 is 0. The topological polar surface area (TPSA) is 106 Å². The van der Waals surface area contributed by atoms with E-state index in [1.165, 1.54) is 16.2 Å². The van der Waals surface area contributed by atoms with Crippen LogP contribution in [0.15, 0.2) is 36.4 Å². The zero-order valence-corrected chi connectivity index (χ0v) is 20.2. The van der Waals surface area contributed by atoms with E-state index in [0.717, 1.165) is 19.6 Å². The Morgan fingerprint density at radius 3 is 2.46 bits per heavy atom. The van der Waals surface area contributed by atoms with E-state index in [9.17, 15) is 19.5 Å². The van der Waals surface area contributed by atoms with Gasteiger partial charge in [-0.2, -0.15) is 0 Å². The highest BCUT2D eigenvalue weighted by atomic mass is 16.3. The van der Waals surface area contributed by atoms with E-state index in [0.29, 0.717) is 36.2 Å². The van der Waals surface area contributed by atoms with E-state index in [1.807, 2.05) is 14.1 Å². The van der Waals surface area contributed by atoms with Crippen LogP contribution in [0.3, 0.4) is 0 Å². The Kier molecular flexibility index (Phi) is 6.06. The number of nitrogens with zero attached hydrogens (tertiary/aromatic N) is 4. The smallest absolute Gasteiger partial charge is 0.256 e. The molecule has 9 nitrogen and oxygen atoms in total. The predicted molar refractivity (Wildman–Crippen MR) is 129 cm³/mol. The lowest BCUT2D eigenvalue weighted by molar-refractivity contribution is -0.136. The molecule has 0 aliphatic carbocycles. The molecule has 2 aromatic rings. The first-order chi connectivity index (χ1) is 16.7. The third-order valence-electron chi connectivity index (χ3n) is 7.39. The molecule has 1 atom stereocenters. The van der Waals surface area contributed by atoms with Gasteiger partial charge in [0.1, 0.15) is 11.6 Å². The SMILES string of the molecule is CN(C)c1ccc(CN2CCC(O)(c3ccc4c(n3)CN(C3CCC(=O)NC3=O)C4=O)CC2)cc1. The number of anilines is 1. The molecule has 1 unspecified atom stereocenters. The quantitative estimate of drug-likeness (QED) is 0.627. The van der Waals surface area contributed by atoms with E-state index in [-0.39, 0.29) is 24.8 Å². The van der Waals surface area contributed by atoms with Gasteiger partial charge in [0.15, 0.2) is 0 Å². The predicted octanol–water partition coefficient (Wildman–Crippen LogP) is 1.39. The fourth-order valence-electron chi connectivity index (χ4n) is 5.19. The molecule has 2 saturated heterocycles. The molecule has 4 heterocycles. The number of hydrogen-bond donors (Lipinski definition) is 2. The standard InChI is InChI=1S/C26H31N5O4/c1-29(2)18-5-3-17(4-6-18)15-30-13-11-26(35,12-14-30)22-9-7-19-20(27-22)16-31(25(19)34)21-8-10-23(32)28-24(21)33/h3-7,9,21,35H,8,10-16H2,1-2H3,(H,28,32,33). The van der Waals surface area contributed by atoms with Crippen molar-refractivity contribution in [3.63, 3.8) is 0 Å². The molecule has 0 bridgehead atoms. The minimum Gasteiger partial charge on any atom is -0.383 e. The molecule has 9 heteroatoms. The summed E-state index contributed by atoms with van der Waals surface area (Å²) in [4.78, 5) is 47.2. The lowest BCUT2D eigenvalue weighted by Gasteiger charge is -2.38. The van der Waals surface area contributed by atoms with E-state index >= 15 is 0 Å². The van der Waals surface area contributed by atoms with Crippen molar-refractivity contribution in [2.45, 2.75) is 50.4 Å². The summed E-state index contributed by atoms with van der Waals surface area (Å²) in [6.07, 6.45) is 1.64. The van der Waals surface area contributed by atoms with Gasteiger partial charge >= 0.3 is 0 Å². The summed E-state index contributed by atoms with van der Waals surface area (Å²) in [5, 5.41) is 13.7. The van der Waals surface area contributed by atoms with E-state index in [1.54, 1.807) is 12.1 Å². The van der Waals surface area contributed by atoms with Gasteiger partial charge in [-0.3, -0.25) is 29.6 Å². The van der Waals surface area contributed by atoms with Crippen LogP contribution >= 0.6 is 0 Å². The summed E-state index contributed by atoms with van der Waals surface area (Å²) in [5.74, 6) is -1.00. The summed E-state index contributed by atoms with van der Waals surface area (Å²) in [6, 6.07) is 11.3. The number of piperidine rings is 2. The fraction of sp³-hybridized carbons (Fsp3) is 0.462. The third-order valence-corrected chi connectivity index (χ3v) is 7.39. The van der Waals surface area contributed by atoms with Crippen molar-refractivity contribution in [2.24, 2.45) is 0 Å². The Morgan fingerprint density at radius 2 is 1.80 bits per heavy atom. The molecular weight excluding hydrogens is 446 g/mol. The number of benzene rings is 1. The molecule has 3 aliphatic rings. The van der Waals surface area contributed by atoms with Crippen LogP contribution in [0.5, 0.6) is 0 Å². The van der Waals surface area contributed by atoms with Crippen molar-refractivity contribution in [3.05, 3.63) is 58.9 Å². The second-order valence-corrected chi connectivity index (χ2v) is 9.96. The lowest BCUT2D eigenvalue weighted by Crippen LogP contribution is -2.52. The second-order valence-electron chi connectivity index (χ2n) is 9.96. The molecular formula is C26H31N5O4. The number of fused-ring (bicyclic) bond motifs is 1. The first-order valence-corrected chi connectivity index (χ1v) is 12.1. The molecule has 35 heavy (non-hydrogen) atoms. The first kappa shape index (κ1) is 23.4. The maximum absolute atomic E-state index is 12.9. The first-order valence-electron chi connectivity index (χ1n) is 12.1. The Morgan fingerprint density at radius 1 is 1.09 bits per heavy atom. The minimum absolute atomic E-state index is 0.208. The zero-order valence-electron chi connectivity index (χ0n) is 20.2. The molecule has 5 rings (SSSR count). The lowest BCUT2D eigenvalue weighted by atomic mass is 9.87. The van der Waals surface area contributed by atoms with Crippen LogP contribution in [0.2, 0.25) is 0 Å². The van der Waals surface area contributed by atoms with E-state index in [4.69, 9.17) is 0 Å². The van der Waals surface area contributed by atoms with Crippen LogP contribution in [0.25, 0.3) is 0 Å². The molecule has 3 amide bonds. The van der Waals surface area contributed by atoms with Crippen molar-refractivity contribution in [1.29, 1.82) is 0 Å². The summed E-state index contributed by atoms with van der Waals surface area (Å²) in [7, 11) is 4.05. The van der Waals surface area contributed by atoms with Crippen LogP contribution in [0.4, 0.5) is 5.69 Å². The van der Waals surface area contributed by atoms with Crippen LogP contribution in [0.1, 0.15) is 53.0 Å². The highest BCUT2D eigenvalue weighted by molar-refractivity contribution is 6.05. The van der Waals surface area contributed by atoms with Gasteiger partial charge in [0, 0.05) is 45.8 Å². The van der Waals surface area contributed by atoms with Crippen molar-refractivity contribution in [2.75, 3.05) is 32.1 Å². The Labute approximate surface area is 204 Å². The van der Waals surface area contributed by atoms with Gasteiger partial charge in [0.25, 0.3) is 5.91 Å². The molecule has 184 valence electrons. The molecule has 0 radical (unpaired) electrons. The van der Waals surface area contributed by atoms with Crippen molar-refractivity contribution >= 4 is 23.4 Å². The molecule has 0 spiro atoms. The Balaban J connectivity index is 1.24. The molecule has 1 aromatic heterocycles. The summed E-state index contributed by atoms with van der Waals surface area (Å²) in [6.45, 7) is 2.52. The average molecular weight is 478 g/mol. The number of carbonyl (C=O) groups is 3. The molecule has 2 N–H and O–H groups in total. The van der Waals surface area contributed by atoms with Crippen LogP contribution in [0, 0.1) is 0 Å². The van der Waals surface area contributed by atoms with Gasteiger partial charge in [-0.05, 0) is 49.1 Å². The van der Waals surface area contributed by atoms with Gasteiger partial charge in [-0.15, -0.1) is 0 Å². The fourth-order valence-corrected chi connectivity index (χ4v) is 5.19. The molecule has 2 fully saturated rings. The maximum Gasteiger partial charge on any atom is 0.256 e. The monoisotopic (exact) mass is 477 g/mol. The maximum atomic E-state index is 12.9. The number of aliphatic hydroxyl groups is 1. The number of hydrogen-bond acceptors (Lipinski definition) is 7. The Hall–Kier alpha value is -3.30. The van der Waals surface area contributed by atoms with Gasteiger partial charge in [0.2, 0.25) is 11.8 Å². The minimum atomic E-state index is -1.05. The highest BCUT2D eigenvalue weighted by Crippen LogP contribution is 2.35. The average Bonchev–Trinajstić information content (AvgIpc) is 3.16. The zero-order chi connectivity index (χ0) is 24.7. The van der Waals surface area contributed by atoms with E-state index < -0.39 is 17.6 Å². The number of nitrogens with one attached hydrogen (secondary N) is 1. The molecule has 1 aromatic carbocycles. The number of rotatable bonds is 5. The van der Waals surface area contributed by atoms with E-state index in [2.05, 4.69) is 44.4 Å². The second kappa shape index (κ2) is 9.05. The largest absolute Gasteiger partial charge is 0.383 e. The highest BCUT2D eigenvalue weighted by Gasteiger charge is 2.41. The van der Waals surface area contributed by atoms with Gasteiger partial charge in [-0.1, -0.05) is 12.1 Å². The number of pyridine rings is 1. The van der Waals surface area contributed by atoms with Crippen molar-refractivity contribution in [3.8, 4) is 0 Å². The van der Waals surface area contributed by atoms with Crippen LogP contribution in [-0.4, -0.2) is 70.8 Å². The Bertz CT molecular complexity index is 1150.